The molecule has 1 aliphatic rings. The van der Waals surface area contributed by atoms with E-state index < -0.39 is 0 Å². The Hall–Kier alpha value is -0.820. The molecule has 15 heavy (non-hydrogen) atoms. The van der Waals surface area contributed by atoms with Crippen molar-refractivity contribution < 1.29 is 5.11 Å². The maximum atomic E-state index is 9.25. The molecule has 0 heterocycles. The molecule has 1 heteroatoms. The van der Waals surface area contributed by atoms with Crippen molar-refractivity contribution in [1.29, 1.82) is 0 Å². The van der Waals surface area contributed by atoms with Crippen LogP contribution in [0.4, 0.5) is 0 Å². The highest BCUT2D eigenvalue weighted by atomic mass is 16.3. The van der Waals surface area contributed by atoms with Crippen LogP contribution < -0.4 is 0 Å². The Morgan fingerprint density at radius 2 is 1.87 bits per heavy atom. The third-order valence-electron chi connectivity index (χ3n) is 3.11. The van der Waals surface area contributed by atoms with E-state index in [1.165, 1.54) is 24.0 Å². The molecule has 1 fully saturated rings. The van der Waals surface area contributed by atoms with E-state index in [9.17, 15) is 5.11 Å². The van der Waals surface area contributed by atoms with Gasteiger partial charge in [-0.1, -0.05) is 39.0 Å². The Bertz CT molecular complexity index is 356. The highest BCUT2D eigenvalue weighted by Crippen LogP contribution is 2.41. The van der Waals surface area contributed by atoms with Crippen molar-refractivity contribution in [1.82, 2.24) is 0 Å². The van der Waals surface area contributed by atoms with Crippen molar-refractivity contribution in [3.8, 4) is 0 Å². The molecule has 82 valence electrons. The summed E-state index contributed by atoms with van der Waals surface area (Å²) in [5, 5.41) is 9.25. The monoisotopic (exact) mass is 204 g/mol. The molecule has 0 spiro atoms. The number of aliphatic hydroxyl groups excluding tert-OH is 1. The molecule has 1 aromatic rings. The molecule has 0 unspecified atom stereocenters. The first kappa shape index (κ1) is 10.7. The van der Waals surface area contributed by atoms with Crippen LogP contribution in [0.5, 0.6) is 0 Å². The summed E-state index contributed by atoms with van der Waals surface area (Å²) in [5.74, 6) is 0.762. The Morgan fingerprint density at radius 3 is 2.33 bits per heavy atom. The Labute approximate surface area is 92.1 Å². The summed E-state index contributed by atoms with van der Waals surface area (Å²) in [4.78, 5) is 0. The average Bonchev–Trinajstić information content (AvgIpc) is 2.99. The van der Waals surface area contributed by atoms with Crippen LogP contribution in [0, 0.1) is 0 Å². The topological polar surface area (TPSA) is 20.2 Å². The molecule has 0 atom stereocenters. The van der Waals surface area contributed by atoms with Gasteiger partial charge in [0.25, 0.3) is 0 Å². The molecule has 0 saturated heterocycles. The fourth-order valence-electron chi connectivity index (χ4n) is 1.90. The molecule has 1 saturated carbocycles. The zero-order valence-electron chi connectivity index (χ0n) is 9.88. The molecule has 0 radical (unpaired) electrons. The third kappa shape index (κ3) is 2.40. The maximum Gasteiger partial charge on any atom is 0.0682 e. The summed E-state index contributed by atoms with van der Waals surface area (Å²) >= 11 is 0. The predicted octanol–water partition coefficient (Wildman–Crippen LogP) is 3.35. The van der Waals surface area contributed by atoms with E-state index in [1.807, 2.05) is 0 Å². The first-order valence-corrected chi connectivity index (χ1v) is 5.76. The molecule has 1 N–H and O–H groups in total. The smallest absolute Gasteiger partial charge is 0.0682 e. The molecule has 2 rings (SSSR count). The van der Waals surface area contributed by atoms with Gasteiger partial charge in [-0.25, -0.2) is 0 Å². The Balaban J connectivity index is 2.41. The summed E-state index contributed by atoms with van der Waals surface area (Å²) < 4.78 is 0. The van der Waals surface area contributed by atoms with E-state index >= 15 is 0 Å². The molecule has 1 aromatic carbocycles. The Morgan fingerprint density at radius 1 is 1.20 bits per heavy atom. The van der Waals surface area contributed by atoms with Gasteiger partial charge in [0.05, 0.1) is 6.61 Å². The normalized spacial score (nSPS) is 16.8. The molecule has 0 amide bonds. The zero-order valence-corrected chi connectivity index (χ0v) is 9.88. The largest absolute Gasteiger partial charge is 0.392 e. The van der Waals surface area contributed by atoms with Gasteiger partial charge in [0.1, 0.15) is 0 Å². The van der Waals surface area contributed by atoms with Gasteiger partial charge >= 0.3 is 0 Å². The van der Waals surface area contributed by atoms with Crippen molar-refractivity contribution in [2.24, 2.45) is 0 Å². The van der Waals surface area contributed by atoms with Gasteiger partial charge in [-0.15, -0.1) is 0 Å². The molecule has 0 bridgehead atoms. The van der Waals surface area contributed by atoms with Crippen LogP contribution in [0.15, 0.2) is 18.2 Å². The SMILES string of the molecule is CC(C)(C)c1cc(CO)cc(C2CC2)c1. The van der Waals surface area contributed by atoms with Gasteiger partial charge in [0, 0.05) is 0 Å². The summed E-state index contributed by atoms with van der Waals surface area (Å²) in [7, 11) is 0. The summed E-state index contributed by atoms with van der Waals surface area (Å²) in [5.41, 5.74) is 4.00. The first-order valence-electron chi connectivity index (χ1n) is 5.76. The molecular weight excluding hydrogens is 184 g/mol. The van der Waals surface area contributed by atoms with E-state index in [-0.39, 0.29) is 12.0 Å². The number of aliphatic hydroxyl groups is 1. The van der Waals surface area contributed by atoms with Crippen LogP contribution >= 0.6 is 0 Å². The van der Waals surface area contributed by atoms with Gasteiger partial charge < -0.3 is 5.11 Å². The summed E-state index contributed by atoms with van der Waals surface area (Å²) in [6, 6.07) is 6.61. The van der Waals surface area contributed by atoms with Crippen molar-refractivity contribution in [2.45, 2.75) is 51.6 Å². The fraction of sp³-hybridized carbons (Fsp3) is 0.571. The lowest BCUT2D eigenvalue weighted by molar-refractivity contribution is 0.281. The van der Waals surface area contributed by atoms with E-state index in [4.69, 9.17) is 0 Å². The molecule has 1 nitrogen and oxygen atoms in total. The lowest BCUT2D eigenvalue weighted by atomic mass is 9.84. The van der Waals surface area contributed by atoms with E-state index in [0.29, 0.717) is 0 Å². The second-order valence-corrected chi connectivity index (χ2v) is 5.65. The molecule has 1 aliphatic carbocycles. The highest BCUT2D eigenvalue weighted by molar-refractivity contribution is 5.37. The lowest BCUT2D eigenvalue weighted by Gasteiger charge is -2.21. The van der Waals surface area contributed by atoms with Crippen molar-refractivity contribution >= 4 is 0 Å². The quantitative estimate of drug-likeness (QED) is 0.783. The maximum absolute atomic E-state index is 9.25. The second-order valence-electron chi connectivity index (χ2n) is 5.65. The fourth-order valence-corrected chi connectivity index (χ4v) is 1.90. The number of hydrogen-bond acceptors (Lipinski definition) is 1. The number of hydrogen-bond donors (Lipinski definition) is 1. The van der Waals surface area contributed by atoms with Gasteiger partial charge in [-0.3, -0.25) is 0 Å². The van der Waals surface area contributed by atoms with E-state index in [0.717, 1.165) is 11.5 Å². The molecule has 0 aromatic heterocycles. The van der Waals surface area contributed by atoms with Gasteiger partial charge in [-0.2, -0.15) is 0 Å². The van der Waals surface area contributed by atoms with Crippen LogP contribution in [-0.4, -0.2) is 5.11 Å². The van der Waals surface area contributed by atoms with Crippen LogP contribution in [0.3, 0.4) is 0 Å². The summed E-state index contributed by atoms with van der Waals surface area (Å²) in [6.45, 7) is 6.82. The van der Waals surface area contributed by atoms with E-state index in [1.54, 1.807) is 0 Å². The Kier molecular flexibility index (Phi) is 2.59. The lowest BCUT2D eigenvalue weighted by Crippen LogP contribution is -2.12. The van der Waals surface area contributed by atoms with Crippen LogP contribution in [0.25, 0.3) is 0 Å². The number of rotatable bonds is 2. The van der Waals surface area contributed by atoms with Crippen molar-refractivity contribution in [3.05, 3.63) is 34.9 Å². The van der Waals surface area contributed by atoms with Crippen molar-refractivity contribution in [3.63, 3.8) is 0 Å². The third-order valence-corrected chi connectivity index (χ3v) is 3.11. The van der Waals surface area contributed by atoms with E-state index in [2.05, 4.69) is 39.0 Å². The van der Waals surface area contributed by atoms with Crippen LogP contribution in [0.1, 0.15) is 56.2 Å². The molecule has 0 aliphatic heterocycles. The molecular formula is C14H20O. The highest BCUT2D eigenvalue weighted by Gasteiger charge is 2.25. The second kappa shape index (κ2) is 3.64. The standard InChI is InChI=1S/C14H20O/c1-14(2,3)13-7-10(9-15)6-12(8-13)11-4-5-11/h6-8,11,15H,4-5,9H2,1-3H3. The minimum Gasteiger partial charge on any atom is -0.392 e. The summed E-state index contributed by atoms with van der Waals surface area (Å²) in [6.07, 6.45) is 2.64. The zero-order chi connectivity index (χ0) is 11.1. The van der Waals surface area contributed by atoms with Gasteiger partial charge in [-0.05, 0) is 40.9 Å². The van der Waals surface area contributed by atoms with Crippen LogP contribution in [-0.2, 0) is 12.0 Å². The van der Waals surface area contributed by atoms with Crippen LogP contribution in [0.2, 0.25) is 0 Å². The van der Waals surface area contributed by atoms with Gasteiger partial charge in [0.15, 0.2) is 0 Å². The van der Waals surface area contributed by atoms with Crippen molar-refractivity contribution in [2.75, 3.05) is 0 Å². The average molecular weight is 204 g/mol. The first-order chi connectivity index (χ1) is 7.00. The minimum absolute atomic E-state index is 0.156. The number of benzene rings is 1. The predicted molar refractivity (Wildman–Crippen MR) is 63.0 cm³/mol. The van der Waals surface area contributed by atoms with Gasteiger partial charge in [0.2, 0.25) is 0 Å². The minimum atomic E-state index is 0.156.